The Kier molecular flexibility index (Phi) is 3.90. The zero-order chi connectivity index (χ0) is 11.4. The van der Waals surface area contributed by atoms with Gasteiger partial charge in [-0.3, -0.25) is 4.90 Å². The third kappa shape index (κ3) is 2.41. The average Bonchev–Trinajstić information content (AvgIpc) is 2.78. The second-order valence-electron chi connectivity index (χ2n) is 4.23. The molecule has 0 radical (unpaired) electrons. The summed E-state index contributed by atoms with van der Waals surface area (Å²) in [5, 5.41) is 3.96. The molecule has 1 saturated heterocycles. The van der Waals surface area contributed by atoms with Gasteiger partial charge in [0.25, 0.3) is 0 Å². The highest BCUT2D eigenvalue weighted by Crippen LogP contribution is 2.29. The molecule has 0 aliphatic carbocycles. The number of hydrogen-bond donors (Lipinski definition) is 1. The van der Waals surface area contributed by atoms with E-state index in [4.69, 9.17) is 10.3 Å². The molecule has 5 nitrogen and oxygen atoms in total. The van der Waals surface area contributed by atoms with Crippen molar-refractivity contribution in [1.82, 2.24) is 15.0 Å². The van der Waals surface area contributed by atoms with Crippen LogP contribution >= 0.6 is 0 Å². The molecule has 2 N–H and O–H groups in total. The van der Waals surface area contributed by atoms with E-state index in [1.54, 1.807) is 0 Å². The predicted molar refractivity (Wildman–Crippen MR) is 60.9 cm³/mol. The third-order valence-electron chi connectivity index (χ3n) is 3.16. The first-order chi connectivity index (χ1) is 7.85. The van der Waals surface area contributed by atoms with Crippen molar-refractivity contribution in [2.24, 2.45) is 5.73 Å². The second kappa shape index (κ2) is 5.41. The Balaban J connectivity index is 2.08. The van der Waals surface area contributed by atoms with Gasteiger partial charge in [0.1, 0.15) is 0 Å². The molecule has 16 heavy (non-hydrogen) atoms. The lowest BCUT2D eigenvalue weighted by molar-refractivity contribution is 0.125. The third-order valence-corrected chi connectivity index (χ3v) is 3.16. The normalized spacial score (nSPS) is 22.5. The summed E-state index contributed by atoms with van der Waals surface area (Å²) >= 11 is 0. The van der Waals surface area contributed by atoms with Gasteiger partial charge in [-0.15, -0.1) is 0 Å². The number of likely N-dealkylation sites (tertiary alicyclic amines) is 1. The van der Waals surface area contributed by atoms with E-state index < -0.39 is 0 Å². The van der Waals surface area contributed by atoms with Gasteiger partial charge in [0.2, 0.25) is 5.89 Å². The van der Waals surface area contributed by atoms with E-state index in [1.165, 1.54) is 12.8 Å². The summed E-state index contributed by atoms with van der Waals surface area (Å²) in [4.78, 5) is 6.83. The van der Waals surface area contributed by atoms with Crippen molar-refractivity contribution in [3.63, 3.8) is 0 Å². The number of hydrogen-bond acceptors (Lipinski definition) is 5. The van der Waals surface area contributed by atoms with E-state index in [-0.39, 0.29) is 0 Å². The molecule has 2 rings (SSSR count). The van der Waals surface area contributed by atoms with Gasteiger partial charge in [0.05, 0.1) is 6.04 Å². The van der Waals surface area contributed by atoms with Crippen LogP contribution in [0.5, 0.6) is 0 Å². The van der Waals surface area contributed by atoms with E-state index in [0.717, 1.165) is 31.2 Å². The van der Waals surface area contributed by atoms with Crippen molar-refractivity contribution in [2.45, 2.75) is 38.6 Å². The second-order valence-corrected chi connectivity index (χ2v) is 4.23. The maximum absolute atomic E-state index is 5.47. The molecule has 0 spiro atoms. The Bertz CT molecular complexity index is 326. The molecule has 90 valence electrons. The van der Waals surface area contributed by atoms with Crippen LogP contribution in [0.3, 0.4) is 0 Å². The predicted octanol–water partition coefficient (Wildman–Crippen LogP) is 1.12. The monoisotopic (exact) mass is 224 g/mol. The highest BCUT2D eigenvalue weighted by atomic mass is 16.5. The van der Waals surface area contributed by atoms with Gasteiger partial charge in [0.15, 0.2) is 5.82 Å². The van der Waals surface area contributed by atoms with E-state index in [9.17, 15) is 0 Å². The number of rotatable bonds is 4. The Morgan fingerprint density at radius 1 is 1.50 bits per heavy atom. The summed E-state index contributed by atoms with van der Waals surface area (Å²) in [6.07, 6.45) is 4.34. The minimum absolute atomic E-state index is 0.317. The molecule has 1 aromatic heterocycles. The van der Waals surface area contributed by atoms with Crippen molar-refractivity contribution >= 4 is 0 Å². The molecule has 1 atom stereocenters. The van der Waals surface area contributed by atoms with Crippen LogP contribution < -0.4 is 5.73 Å². The molecule has 1 unspecified atom stereocenters. The molecule has 0 amide bonds. The van der Waals surface area contributed by atoms with Crippen molar-refractivity contribution < 1.29 is 4.52 Å². The quantitative estimate of drug-likeness (QED) is 0.830. The largest absolute Gasteiger partial charge is 0.338 e. The smallest absolute Gasteiger partial charge is 0.243 e. The van der Waals surface area contributed by atoms with Crippen LogP contribution in [0.1, 0.15) is 43.9 Å². The summed E-state index contributed by atoms with van der Waals surface area (Å²) in [5.74, 6) is 1.50. The standard InChI is InChI=1S/C11H20N4O/c1-2-15-8-4-3-5-9(15)11-13-10(6-7-12)14-16-11/h9H,2-8,12H2,1H3. The fourth-order valence-electron chi connectivity index (χ4n) is 2.28. The first-order valence-electron chi connectivity index (χ1n) is 6.11. The highest BCUT2D eigenvalue weighted by molar-refractivity contribution is 4.95. The van der Waals surface area contributed by atoms with Crippen LogP contribution in [0, 0.1) is 0 Å². The van der Waals surface area contributed by atoms with Crippen molar-refractivity contribution in [3.8, 4) is 0 Å². The van der Waals surface area contributed by atoms with Gasteiger partial charge in [-0.1, -0.05) is 18.5 Å². The minimum atomic E-state index is 0.317. The maximum Gasteiger partial charge on any atom is 0.243 e. The molecule has 0 bridgehead atoms. The number of aromatic nitrogens is 2. The Morgan fingerprint density at radius 2 is 2.38 bits per heavy atom. The van der Waals surface area contributed by atoms with Crippen LogP contribution in [-0.4, -0.2) is 34.7 Å². The molecule has 5 heteroatoms. The highest BCUT2D eigenvalue weighted by Gasteiger charge is 2.27. The molecule has 0 saturated carbocycles. The van der Waals surface area contributed by atoms with E-state index >= 15 is 0 Å². The number of nitrogens with zero attached hydrogens (tertiary/aromatic N) is 3. The zero-order valence-corrected chi connectivity index (χ0v) is 9.85. The molecular formula is C11H20N4O. The Morgan fingerprint density at radius 3 is 3.12 bits per heavy atom. The zero-order valence-electron chi connectivity index (χ0n) is 9.85. The average molecular weight is 224 g/mol. The van der Waals surface area contributed by atoms with Crippen molar-refractivity contribution in [2.75, 3.05) is 19.6 Å². The lowest BCUT2D eigenvalue weighted by atomic mass is 10.0. The van der Waals surface area contributed by atoms with Crippen molar-refractivity contribution in [3.05, 3.63) is 11.7 Å². The van der Waals surface area contributed by atoms with E-state index in [0.29, 0.717) is 19.0 Å². The first kappa shape index (κ1) is 11.5. The summed E-state index contributed by atoms with van der Waals surface area (Å²) in [7, 11) is 0. The molecular weight excluding hydrogens is 204 g/mol. The lowest BCUT2D eigenvalue weighted by Crippen LogP contribution is -2.33. The summed E-state index contributed by atoms with van der Waals surface area (Å²) < 4.78 is 5.33. The van der Waals surface area contributed by atoms with Gasteiger partial charge in [-0.25, -0.2) is 0 Å². The minimum Gasteiger partial charge on any atom is -0.338 e. The molecule has 2 heterocycles. The molecule has 1 aliphatic rings. The van der Waals surface area contributed by atoms with Crippen LogP contribution in [0.4, 0.5) is 0 Å². The summed E-state index contributed by atoms with van der Waals surface area (Å²) in [5.41, 5.74) is 5.47. The fraction of sp³-hybridized carbons (Fsp3) is 0.818. The summed E-state index contributed by atoms with van der Waals surface area (Å²) in [6.45, 7) is 4.92. The molecule has 1 aliphatic heterocycles. The number of piperidine rings is 1. The summed E-state index contributed by atoms with van der Waals surface area (Å²) in [6, 6.07) is 0.317. The van der Waals surface area contributed by atoms with Crippen LogP contribution in [0.25, 0.3) is 0 Å². The van der Waals surface area contributed by atoms with Gasteiger partial charge in [-0.2, -0.15) is 4.98 Å². The molecule has 0 aromatic carbocycles. The maximum atomic E-state index is 5.47. The van der Waals surface area contributed by atoms with Gasteiger partial charge in [0, 0.05) is 6.42 Å². The van der Waals surface area contributed by atoms with Crippen LogP contribution in [0.2, 0.25) is 0 Å². The first-order valence-corrected chi connectivity index (χ1v) is 6.11. The number of nitrogens with two attached hydrogens (primary N) is 1. The fourth-order valence-corrected chi connectivity index (χ4v) is 2.28. The van der Waals surface area contributed by atoms with Crippen LogP contribution in [-0.2, 0) is 6.42 Å². The van der Waals surface area contributed by atoms with Gasteiger partial charge in [-0.05, 0) is 32.5 Å². The van der Waals surface area contributed by atoms with Gasteiger partial charge >= 0.3 is 0 Å². The lowest BCUT2D eigenvalue weighted by Gasteiger charge is -2.32. The Labute approximate surface area is 96.0 Å². The van der Waals surface area contributed by atoms with Crippen molar-refractivity contribution in [1.29, 1.82) is 0 Å². The van der Waals surface area contributed by atoms with Gasteiger partial charge < -0.3 is 10.3 Å². The van der Waals surface area contributed by atoms with E-state index in [1.807, 2.05) is 0 Å². The van der Waals surface area contributed by atoms with E-state index in [2.05, 4.69) is 22.0 Å². The Hall–Kier alpha value is -0.940. The SMILES string of the molecule is CCN1CCCCC1c1nc(CCN)no1. The molecule has 1 aromatic rings. The topological polar surface area (TPSA) is 68.2 Å². The molecule has 1 fully saturated rings. The van der Waals surface area contributed by atoms with Crippen LogP contribution in [0.15, 0.2) is 4.52 Å².